The van der Waals surface area contributed by atoms with E-state index < -0.39 is 0 Å². The van der Waals surface area contributed by atoms with Crippen LogP contribution in [0.4, 0.5) is 5.82 Å². The molecule has 0 fully saturated rings. The first kappa shape index (κ1) is 14.2. The Labute approximate surface area is 111 Å². The summed E-state index contributed by atoms with van der Waals surface area (Å²) in [6.45, 7) is 6.50. The minimum atomic E-state index is 0.00653. The van der Waals surface area contributed by atoms with E-state index in [1.807, 2.05) is 6.92 Å². The standard InChI is InChI=1S/C12H20BrN3O/c1-3-5-8-16(9-6-13)11-12(17)15(4-2)10-7-14-11/h7,10H,3-6,8-9H2,1-2H3. The SMILES string of the molecule is CCCCN(CCBr)c1nccn(CC)c1=O. The molecule has 0 unspecified atom stereocenters. The van der Waals surface area contributed by atoms with Crippen LogP contribution >= 0.6 is 15.9 Å². The van der Waals surface area contributed by atoms with Crippen LogP contribution < -0.4 is 10.5 Å². The Kier molecular flexibility index (Phi) is 6.26. The molecule has 0 radical (unpaired) electrons. The Morgan fingerprint density at radius 1 is 1.41 bits per heavy atom. The third-order valence-corrected chi connectivity index (χ3v) is 3.03. The zero-order chi connectivity index (χ0) is 12.7. The zero-order valence-electron chi connectivity index (χ0n) is 10.5. The minimum Gasteiger partial charge on any atom is -0.351 e. The zero-order valence-corrected chi connectivity index (χ0v) is 12.1. The van der Waals surface area contributed by atoms with Crippen molar-refractivity contribution in [2.45, 2.75) is 33.2 Å². The molecule has 0 spiro atoms. The lowest BCUT2D eigenvalue weighted by atomic mass is 10.3. The molecule has 1 aromatic rings. The Morgan fingerprint density at radius 2 is 2.18 bits per heavy atom. The van der Waals surface area contributed by atoms with Crippen molar-refractivity contribution in [3.63, 3.8) is 0 Å². The summed E-state index contributed by atoms with van der Waals surface area (Å²) in [5.74, 6) is 0.572. The van der Waals surface area contributed by atoms with E-state index in [1.165, 1.54) is 0 Å². The van der Waals surface area contributed by atoms with E-state index in [0.717, 1.165) is 31.3 Å². The van der Waals surface area contributed by atoms with Crippen LogP contribution in [0.15, 0.2) is 17.2 Å². The van der Waals surface area contributed by atoms with Crippen molar-refractivity contribution in [2.75, 3.05) is 23.3 Å². The normalized spacial score (nSPS) is 10.5. The molecule has 0 aliphatic rings. The summed E-state index contributed by atoms with van der Waals surface area (Å²) in [6.07, 6.45) is 5.63. The van der Waals surface area contributed by atoms with Crippen LogP contribution in [-0.4, -0.2) is 28.0 Å². The molecule has 0 N–H and O–H groups in total. The highest BCUT2D eigenvalue weighted by Crippen LogP contribution is 2.06. The fourth-order valence-electron chi connectivity index (χ4n) is 1.68. The molecule has 5 heteroatoms. The molecule has 0 saturated carbocycles. The van der Waals surface area contributed by atoms with Crippen LogP contribution in [0.3, 0.4) is 0 Å². The summed E-state index contributed by atoms with van der Waals surface area (Å²) in [5, 5.41) is 0.846. The second-order valence-electron chi connectivity index (χ2n) is 3.87. The molecule has 0 amide bonds. The van der Waals surface area contributed by atoms with Gasteiger partial charge in [-0.25, -0.2) is 4.98 Å². The average Bonchev–Trinajstić information content (AvgIpc) is 2.35. The molecular formula is C12H20BrN3O. The molecule has 0 bridgehead atoms. The highest BCUT2D eigenvalue weighted by molar-refractivity contribution is 9.09. The second kappa shape index (κ2) is 7.48. The summed E-state index contributed by atoms with van der Waals surface area (Å²) < 4.78 is 1.69. The predicted octanol–water partition coefficient (Wildman–Crippen LogP) is 2.26. The van der Waals surface area contributed by atoms with Crippen molar-refractivity contribution in [1.82, 2.24) is 9.55 Å². The maximum atomic E-state index is 12.1. The molecule has 1 rings (SSSR count). The number of rotatable bonds is 7. The number of aryl methyl sites for hydroxylation is 1. The molecule has 0 aromatic carbocycles. The van der Waals surface area contributed by atoms with Gasteiger partial charge in [0.2, 0.25) is 0 Å². The van der Waals surface area contributed by atoms with E-state index in [2.05, 4.69) is 32.7 Å². The Morgan fingerprint density at radius 3 is 2.76 bits per heavy atom. The second-order valence-corrected chi connectivity index (χ2v) is 4.66. The lowest BCUT2D eigenvalue weighted by Gasteiger charge is -2.22. The lowest BCUT2D eigenvalue weighted by Crippen LogP contribution is -2.35. The lowest BCUT2D eigenvalue weighted by molar-refractivity contribution is 0.684. The van der Waals surface area contributed by atoms with Crippen molar-refractivity contribution < 1.29 is 0 Å². The first-order chi connectivity index (χ1) is 8.24. The Hall–Kier alpha value is -0.840. The molecule has 0 saturated heterocycles. The topological polar surface area (TPSA) is 38.1 Å². The van der Waals surface area contributed by atoms with Gasteiger partial charge in [0.25, 0.3) is 5.56 Å². The quantitative estimate of drug-likeness (QED) is 0.725. The third kappa shape index (κ3) is 3.84. The molecular weight excluding hydrogens is 282 g/mol. The highest BCUT2D eigenvalue weighted by Gasteiger charge is 2.12. The van der Waals surface area contributed by atoms with Gasteiger partial charge >= 0.3 is 0 Å². The van der Waals surface area contributed by atoms with Crippen molar-refractivity contribution in [3.05, 3.63) is 22.7 Å². The van der Waals surface area contributed by atoms with E-state index in [4.69, 9.17) is 0 Å². The van der Waals surface area contributed by atoms with Crippen LogP contribution in [0.1, 0.15) is 26.7 Å². The number of anilines is 1. The van der Waals surface area contributed by atoms with Crippen LogP contribution in [-0.2, 0) is 6.54 Å². The van der Waals surface area contributed by atoms with E-state index in [1.54, 1.807) is 17.0 Å². The van der Waals surface area contributed by atoms with E-state index in [9.17, 15) is 4.79 Å². The fourth-order valence-corrected chi connectivity index (χ4v) is 2.10. The monoisotopic (exact) mass is 301 g/mol. The van der Waals surface area contributed by atoms with Crippen molar-refractivity contribution in [3.8, 4) is 0 Å². The molecule has 0 atom stereocenters. The van der Waals surface area contributed by atoms with Gasteiger partial charge in [-0.2, -0.15) is 0 Å². The summed E-state index contributed by atoms with van der Waals surface area (Å²) >= 11 is 3.42. The molecule has 96 valence electrons. The number of alkyl halides is 1. The van der Waals surface area contributed by atoms with Crippen LogP contribution in [0.5, 0.6) is 0 Å². The molecule has 17 heavy (non-hydrogen) atoms. The van der Waals surface area contributed by atoms with Gasteiger partial charge in [0, 0.05) is 37.4 Å². The van der Waals surface area contributed by atoms with Crippen LogP contribution in [0, 0.1) is 0 Å². The number of aromatic nitrogens is 2. The fraction of sp³-hybridized carbons (Fsp3) is 0.667. The van der Waals surface area contributed by atoms with Gasteiger partial charge in [-0.05, 0) is 13.3 Å². The predicted molar refractivity (Wildman–Crippen MR) is 75.1 cm³/mol. The average molecular weight is 302 g/mol. The van der Waals surface area contributed by atoms with Crippen molar-refractivity contribution in [2.24, 2.45) is 0 Å². The van der Waals surface area contributed by atoms with Gasteiger partial charge in [0.15, 0.2) is 5.82 Å². The summed E-state index contributed by atoms with van der Waals surface area (Å²) in [5.41, 5.74) is 0.00653. The van der Waals surface area contributed by atoms with Gasteiger partial charge in [0.1, 0.15) is 0 Å². The Bertz CT molecular complexity index is 392. The van der Waals surface area contributed by atoms with Gasteiger partial charge in [-0.15, -0.1) is 0 Å². The number of halogens is 1. The largest absolute Gasteiger partial charge is 0.351 e. The highest BCUT2D eigenvalue weighted by atomic mass is 79.9. The van der Waals surface area contributed by atoms with E-state index in [0.29, 0.717) is 12.4 Å². The molecule has 4 nitrogen and oxygen atoms in total. The number of nitrogens with zero attached hydrogens (tertiary/aromatic N) is 3. The number of hydrogen-bond acceptors (Lipinski definition) is 3. The van der Waals surface area contributed by atoms with Gasteiger partial charge in [-0.3, -0.25) is 4.79 Å². The molecule has 1 heterocycles. The summed E-state index contributed by atoms with van der Waals surface area (Å²) in [4.78, 5) is 18.4. The molecule has 0 aliphatic carbocycles. The maximum absolute atomic E-state index is 12.1. The van der Waals surface area contributed by atoms with Gasteiger partial charge < -0.3 is 9.47 Å². The van der Waals surface area contributed by atoms with Crippen LogP contribution in [0.2, 0.25) is 0 Å². The van der Waals surface area contributed by atoms with Gasteiger partial charge in [0.05, 0.1) is 0 Å². The first-order valence-electron chi connectivity index (χ1n) is 6.10. The van der Waals surface area contributed by atoms with E-state index in [-0.39, 0.29) is 5.56 Å². The Balaban J connectivity index is 2.96. The van der Waals surface area contributed by atoms with Crippen LogP contribution in [0.25, 0.3) is 0 Å². The maximum Gasteiger partial charge on any atom is 0.293 e. The number of hydrogen-bond donors (Lipinski definition) is 0. The molecule has 0 aliphatic heterocycles. The summed E-state index contributed by atoms with van der Waals surface area (Å²) in [7, 11) is 0. The smallest absolute Gasteiger partial charge is 0.293 e. The van der Waals surface area contributed by atoms with Crippen molar-refractivity contribution in [1.29, 1.82) is 0 Å². The first-order valence-corrected chi connectivity index (χ1v) is 7.23. The minimum absolute atomic E-state index is 0.00653. The van der Waals surface area contributed by atoms with Crippen molar-refractivity contribution >= 4 is 21.7 Å². The van der Waals surface area contributed by atoms with E-state index >= 15 is 0 Å². The summed E-state index contributed by atoms with van der Waals surface area (Å²) in [6, 6.07) is 0. The van der Waals surface area contributed by atoms with Gasteiger partial charge in [-0.1, -0.05) is 29.3 Å². The number of unbranched alkanes of at least 4 members (excludes halogenated alkanes) is 1. The third-order valence-electron chi connectivity index (χ3n) is 2.67. The molecule has 1 aromatic heterocycles.